The largest absolute Gasteiger partial charge is 0.465 e. The molecule has 1 aliphatic rings. The first kappa shape index (κ1) is 19.8. The Balaban J connectivity index is 2.24. The molecule has 1 amide bonds. The Kier molecular flexibility index (Phi) is 6.25. The second-order valence-corrected chi connectivity index (χ2v) is 6.54. The van der Waals surface area contributed by atoms with Crippen molar-refractivity contribution in [2.75, 3.05) is 26.0 Å². The zero-order valence-corrected chi connectivity index (χ0v) is 15.8. The zero-order valence-electron chi connectivity index (χ0n) is 15.0. The molecular weight excluding hydrogens is 360 g/mol. The van der Waals surface area contributed by atoms with Gasteiger partial charge < -0.3 is 14.5 Å². The van der Waals surface area contributed by atoms with Crippen LogP contribution < -0.4 is 0 Å². The minimum Gasteiger partial charge on any atom is -0.465 e. The van der Waals surface area contributed by atoms with Crippen molar-refractivity contribution in [2.45, 2.75) is 20.8 Å². The second kappa shape index (κ2) is 8.22. The van der Waals surface area contributed by atoms with Crippen molar-refractivity contribution in [1.82, 2.24) is 9.88 Å². The van der Waals surface area contributed by atoms with Gasteiger partial charge >= 0.3 is 11.9 Å². The number of methoxy groups -OCH3 is 1. The van der Waals surface area contributed by atoms with Crippen LogP contribution in [0.5, 0.6) is 0 Å². The fourth-order valence-electron chi connectivity index (χ4n) is 2.64. The minimum absolute atomic E-state index is 0.147. The number of thioether (sulfide) groups is 1. The summed E-state index contributed by atoms with van der Waals surface area (Å²) in [5.74, 6) is -1.60. The predicted octanol–water partition coefficient (Wildman–Crippen LogP) is 1.58. The van der Waals surface area contributed by atoms with Gasteiger partial charge in [0.25, 0.3) is 0 Å². The summed E-state index contributed by atoms with van der Waals surface area (Å²) < 4.78 is 9.57. The van der Waals surface area contributed by atoms with E-state index in [0.717, 1.165) is 0 Å². The first-order chi connectivity index (χ1) is 12.3. The van der Waals surface area contributed by atoms with Gasteiger partial charge in [0, 0.05) is 5.69 Å². The first-order valence-electron chi connectivity index (χ1n) is 7.92. The van der Waals surface area contributed by atoms with Crippen LogP contribution in [0.3, 0.4) is 0 Å². The molecule has 9 heteroatoms. The highest BCUT2D eigenvalue weighted by Crippen LogP contribution is 2.29. The summed E-state index contributed by atoms with van der Waals surface area (Å²) in [5, 5.41) is 0.371. The molecule has 1 N–H and O–H groups in total. The number of hydrogen-bond acceptors (Lipinski definition) is 7. The van der Waals surface area contributed by atoms with Crippen molar-refractivity contribution < 1.29 is 28.7 Å². The molecule has 0 spiro atoms. The summed E-state index contributed by atoms with van der Waals surface area (Å²) in [6.45, 7) is 4.97. The number of H-pyrrole nitrogens is 1. The number of esters is 2. The number of hydrogen-bond donors (Lipinski definition) is 1. The first-order valence-corrected chi connectivity index (χ1v) is 8.91. The average Bonchev–Trinajstić information content (AvgIpc) is 3.07. The number of ketones is 1. The summed E-state index contributed by atoms with van der Waals surface area (Å²) in [6.07, 6.45) is 1.21. The molecular formula is C17H20N2O6S. The quantitative estimate of drug-likeness (QED) is 0.454. The molecule has 2 heterocycles. The molecule has 1 aliphatic heterocycles. The minimum atomic E-state index is -0.568. The van der Waals surface area contributed by atoms with Crippen LogP contribution in [0.25, 0.3) is 0 Å². The lowest BCUT2D eigenvalue weighted by Crippen LogP contribution is -2.31. The molecule has 0 unspecified atom stereocenters. The van der Waals surface area contributed by atoms with Gasteiger partial charge in [-0.3, -0.25) is 14.5 Å². The molecule has 0 aromatic carbocycles. The number of aromatic amines is 1. The molecule has 1 saturated heterocycles. The van der Waals surface area contributed by atoms with Crippen LogP contribution in [0.15, 0.2) is 11.1 Å². The standard InChI is InChI=1S/C17H20N2O6S/c1-5-25-14(22)6-13-19(12(21)8-26-13)7-11(20)16-9(2)15(10(3)18-16)17(23)24-4/h6,18H,5,7-8H2,1-4H3. The van der Waals surface area contributed by atoms with Crippen LogP contribution in [0.4, 0.5) is 0 Å². The molecule has 0 bridgehead atoms. The number of amides is 1. The van der Waals surface area contributed by atoms with E-state index in [1.54, 1.807) is 20.8 Å². The lowest BCUT2D eigenvalue weighted by atomic mass is 10.1. The van der Waals surface area contributed by atoms with Gasteiger partial charge in [-0.1, -0.05) is 11.8 Å². The number of carbonyl (C=O) groups excluding carboxylic acids is 4. The van der Waals surface area contributed by atoms with E-state index >= 15 is 0 Å². The number of nitrogens with one attached hydrogen (secondary N) is 1. The molecule has 0 radical (unpaired) electrons. The normalized spacial score (nSPS) is 15.5. The molecule has 1 aromatic heterocycles. The number of Topliss-reactive ketones (excluding diaryl/α,β-unsaturated/α-hetero) is 1. The van der Waals surface area contributed by atoms with Crippen LogP contribution in [0.2, 0.25) is 0 Å². The Labute approximate surface area is 154 Å². The van der Waals surface area contributed by atoms with Gasteiger partial charge in [-0.2, -0.15) is 0 Å². The summed E-state index contributed by atoms with van der Waals surface area (Å²) in [6, 6.07) is 0. The number of ether oxygens (including phenoxy) is 2. The van der Waals surface area contributed by atoms with Crippen molar-refractivity contribution in [3.63, 3.8) is 0 Å². The van der Waals surface area contributed by atoms with E-state index in [9.17, 15) is 19.2 Å². The summed E-state index contributed by atoms with van der Waals surface area (Å²) in [4.78, 5) is 52.3. The smallest absolute Gasteiger partial charge is 0.339 e. The van der Waals surface area contributed by atoms with Crippen LogP contribution in [-0.4, -0.2) is 59.5 Å². The number of rotatable bonds is 6. The third-order valence-electron chi connectivity index (χ3n) is 3.85. The van der Waals surface area contributed by atoms with E-state index in [4.69, 9.17) is 9.47 Å². The van der Waals surface area contributed by atoms with Crippen LogP contribution in [-0.2, 0) is 19.1 Å². The third kappa shape index (κ3) is 3.98. The molecule has 1 aromatic rings. The lowest BCUT2D eigenvalue weighted by Gasteiger charge is -2.16. The molecule has 0 atom stereocenters. The van der Waals surface area contributed by atoms with E-state index in [0.29, 0.717) is 21.8 Å². The van der Waals surface area contributed by atoms with Crippen LogP contribution in [0, 0.1) is 13.8 Å². The lowest BCUT2D eigenvalue weighted by molar-refractivity contribution is -0.137. The van der Waals surface area contributed by atoms with E-state index in [-0.39, 0.29) is 36.3 Å². The summed E-state index contributed by atoms with van der Waals surface area (Å²) >= 11 is 1.17. The van der Waals surface area contributed by atoms with E-state index in [1.165, 1.54) is 29.8 Å². The van der Waals surface area contributed by atoms with Gasteiger partial charge in [0.05, 0.1) is 48.4 Å². The molecule has 0 aliphatic carbocycles. The highest BCUT2D eigenvalue weighted by atomic mass is 32.2. The SMILES string of the molecule is CCOC(=O)C=C1SCC(=O)N1CC(=O)c1[nH]c(C)c(C(=O)OC)c1C. The number of aromatic nitrogens is 1. The Morgan fingerprint density at radius 2 is 2.00 bits per heavy atom. The van der Waals surface area contributed by atoms with Crippen molar-refractivity contribution >= 4 is 35.4 Å². The van der Waals surface area contributed by atoms with Gasteiger partial charge in [0.1, 0.15) is 0 Å². The Bertz CT molecular complexity index is 795. The maximum absolute atomic E-state index is 12.7. The van der Waals surface area contributed by atoms with Gasteiger partial charge in [-0.25, -0.2) is 9.59 Å². The van der Waals surface area contributed by atoms with Gasteiger partial charge in [0.2, 0.25) is 5.91 Å². The summed E-state index contributed by atoms with van der Waals surface area (Å²) in [5.41, 5.74) is 1.53. The zero-order chi connectivity index (χ0) is 19.4. The molecule has 8 nitrogen and oxygen atoms in total. The highest BCUT2D eigenvalue weighted by molar-refractivity contribution is 8.04. The fourth-order valence-corrected chi connectivity index (χ4v) is 3.57. The highest BCUT2D eigenvalue weighted by Gasteiger charge is 2.31. The molecule has 0 saturated carbocycles. The molecule has 1 fully saturated rings. The van der Waals surface area contributed by atoms with E-state index in [1.807, 2.05) is 0 Å². The van der Waals surface area contributed by atoms with Crippen molar-refractivity contribution in [3.05, 3.63) is 33.6 Å². The number of aryl methyl sites for hydroxylation is 1. The van der Waals surface area contributed by atoms with E-state index < -0.39 is 11.9 Å². The van der Waals surface area contributed by atoms with Gasteiger partial charge in [-0.15, -0.1) is 0 Å². The van der Waals surface area contributed by atoms with E-state index in [2.05, 4.69) is 4.98 Å². The van der Waals surface area contributed by atoms with Crippen molar-refractivity contribution in [3.8, 4) is 0 Å². The van der Waals surface area contributed by atoms with Crippen LogP contribution in [0.1, 0.15) is 39.0 Å². The molecule has 26 heavy (non-hydrogen) atoms. The molecule has 2 rings (SSSR count). The van der Waals surface area contributed by atoms with Crippen LogP contribution >= 0.6 is 11.8 Å². The van der Waals surface area contributed by atoms with Gasteiger partial charge in [0.15, 0.2) is 5.78 Å². The Hall–Kier alpha value is -2.55. The average molecular weight is 380 g/mol. The Morgan fingerprint density at radius 1 is 1.31 bits per heavy atom. The number of nitrogens with zero attached hydrogens (tertiary/aromatic N) is 1. The van der Waals surface area contributed by atoms with Crippen molar-refractivity contribution in [1.29, 1.82) is 0 Å². The molecule has 140 valence electrons. The topological polar surface area (TPSA) is 106 Å². The summed E-state index contributed by atoms with van der Waals surface area (Å²) in [7, 11) is 1.27. The van der Waals surface area contributed by atoms with Crippen molar-refractivity contribution in [2.24, 2.45) is 0 Å². The fraction of sp³-hybridized carbons (Fsp3) is 0.412. The number of carbonyl (C=O) groups is 4. The second-order valence-electron chi connectivity index (χ2n) is 5.54. The Morgan fingerprint density at radius 3 is 2.62 bits per heavy atom. The maximum atomic E-state index is 12.7. The third-order valence-corrected chi connectivity index (χ3v) is 4.87. The maximum Gasteiger partial charge on any atom is 0.339 e. The van der Waals surface area contributed by atoms with Gasteiger partial charge in [-0.05, 0) is 26.3 Å². The predicted molar refractivity (Wildman–Crippen MR) is 94.8 cm³/mol. The monoisotopic (exact) mass is 380 g/mol.